The molecule has 0 amide bonds. The summed E-state index contributed by atoms with van der Waals surface area (Å²) in [7, 11) is 0. The number of hydrogen-bond donors (Lipinski definition) is 1. The predicted molar refractivity (Wildman–Crippen MR) is 71.2 cm³/mol. The second-order valence-electron chi connectivity index (χ2n) is 5.57. The molecule has 4 heteroatoms. The Labute approximate surface area is 113 Å². The lowest BCUT2D eigenvalue weighted by Gasteiger charge is -2.11. The van der Waals surface area contributed by atoms with Crippen molar-refractivity contribution in [2.24, 2.45) is 5.92 Å². The molecular weight excluding hydrogens is 248 g/mol. The molecule has 0 heterocycles. The molecule has 0 bridgehead atoms. The maximum Gasteiger partial charge on any atom is 0.190 e. The molecule has 0 aliphatic heterocycles. The molecule has 2 nitrogen and oxygen atoms in total. The van der Waals surface area contributed by atoms with Crippen LogP contribution in [0.25, 0.3) is 0 Å². The first-order valence-electron chi connectivity index (χ1n) is 6.90. The summed E-state index contributed by atoms with van der Waals surface area (Å²) in [4.78, 5) is 0. The van der Waals surface area contributed by atoms with Gasteiger partial charge in [0, 0.05) is 12.6 Å². The monoisotopic (exact) mass is 269 g/mol. The second kappa shape index (κ2) is 6.33. The van der Waals surface area contributed by atoms with Gasteiger partial charge in [-0.1, -0.05) is 13.8 Å². The molecule has 0 spiro atoms. The minimum atomic E-state index is -0.614. The molecule has 1 aliphatic rings. The maximum absolute atomic E-state index is 13.8. The Kier molecular flexibility index (Phi) is 4.75. The van der Waals surface area contributed by atoms with Crippen LogP contribution in [0.4, 0.5) is 8.78 Å². The van der Waals surface area contributed by atoms with Crippen molar-refractivity contribution in [3.8, 4) is 5.75 Å². The van der Waals surface area contributed by atoms with Crippen LogP contribution in [0, 0.1) is 17.6 Å². The zero-order chi connectivity index (χ0) is 13.8. The molecule has 1 saturated carbocycles. The lowest BCUT2D eigenvalue weighted by Crippen LogP contribution is -2.15. The van der Waals surface area contributed by atoms with E-state index < -0.39 is 11.6 Å². The van der Waals surface area contributed by atoms with Gasteiger partial charge in [0.05, 0.1) is 6.61 Å². The fourth-order valence-electron chi connectivity index (χ4n) is 1.80. The highest BCUT2D eigenvalue weighted by molar-refractivity contribution is 5.31. The predicted octanol–water partition coefficient (Wildman–Crippen LogP) is 3.64. The van der Waals surface area contributed by atoms with Crippen LogP contribution in [0.3, 0.4) is 0 Å². The van der Waals surface area contributed by atoms with E-state index in [0.717, 1.165) is 19.3 Å². The van der Waals surface area contributed by atoms with Gasteiger partial charge in [-0.3, -0.25) is 0 Å². The molecule has 2 rings (SSSR count). The Morgan fingerprint density at radius 2 is 1.89 bits per heavy atom. The Hall–Kier alpha value is -1.16. The van der Waals surface area contributed by atoms with E-state index in [1.165, 1.54) is 12.1 Å². The van der Waals surface area contributed by atoms with Crippen LogP contribution < -0.4 is 10.1 Å². The normalized spacial score (nSPS) is 15.0. The first-order valence-corrected chi connectivity index (χ1v) is 6.90. The molecule has 1 N–H and O–H groups in total. The Morgan fingerprint density at radius 3 is 2.42 bits per heavy atom. The average Bonchev–Trinajstić information content (AvgIpc) is 3.13. The topological polar surface area (TPSA) is 21.3 Å². The first-order chi connectivity index (χ1) is 9.06. The zero-order valence-electron chi connectivity index (χ0n) is 11.5. The van der Waals surface area contributed by atoms with Crippen molar-refractivity contribution in [3.05, 3.63) is 29.3 Å². The molecule has 0 saturated heterocycles. The molecule has 0 radical (unpaired) electrons. The smallest absolute Gasteiger partial charge is 0.190 e. The summed E-state index contributed by atoms with van der Waals surface area (Å²) < 4.78 is 32.8. The lowest BCUT2D eigenvalue weighted by atomic mass is 10.1. The van der Waals surface area contributed by atoms with E-state index >= 15 is 0 Å². The van der Waals surface area contributed by atoms with Crippen LogP contribution >= 0.6 is 0 Å². The van der Waals surface area contributed by atoms with Crippen LogP contribution in [0.15, 0.2) is 12.1 Å². The van der Waals surface area contributed by atoms with Gasteiger partial charge in [-0.2, -0.15) is 0 Å². The van der Waals surface area contributed by atoms with Gasteiger partial charge in [0.2, 0.25) is 0 Å². The van der Waals surface area contributed by atoms with Crippen molar-refractivity contribution < 1.29 is 13.5 Å². The summed E-state index contributed by atoms with van der Waals surface area (Å²) in [6, 6.07) is 3.22. The number of hydrogen-bond acceptors (Lipinski definition) is 2. The third-order valence-electron chi connectivity index (χ3n) is 3.17. The SMILES string of the molecule is CC(C)CCOc1c(F)cc(CNC2CC2)cc1F. The lowest BCUT2D eigenvalue weighted by molar-refractivity contribution is 0.263. The van der Waals surface area contributed by atoms with Gasteiger partial charge in [0.1, 0.15) is 0 Å². The third kappa shape index (κ3) is 4.46. The van der Waals surface area contributed by atoms with E-state index in [4.69, 9.17) is 4.74 Å². The summed E-state index contributed by atoms with van der Waals surface area (Å²) in [6.45, 7) is 4.93. The van der Waals surface area contributed by atoms with E-state index in [-0.39, 0.29) is 5.75 Å². The minimum absolute atomic E-state index is 0.254. The standard InChI is InChI=1S/C15H21F2NO/c1-10(2)5-6-19-15-13(16)7-11(8-14(15)17)9-18-12-3-4-12/h7-8,10,12,18H,3-6,9H2,1-2H3. The molecule has 0 atom stereocenters. The third-order valence-corrected chi connectivity index (χ3v) is 3.17. The maximum atomic E-state index is 13.8. The first kappa shape index (κ1) is 14.3. The molecule has 0 aromatic heterocycles. The molecule has 19 heavy (non-hydrogen) atoms. The molecule has 106 valence electrons. The van der Waals surface area contributed by atoms with Gasteiger partial charge in [-0.25, -0.2) is 8.78 Å². The molecule has 1 fully saturated rings. The van der Waals surface area contributed by atoms with Crippen LogP contribution in [0.5, 0.6) is 5.75 Å². The summed E-state index contributed by atoms with van der Waals surface area (Å²) in [6.07, 6.45) is 3.09. The number of benzene rings is 1. The van der Waals surface area contributed by atoms with Gasteiger partial charge in [0.15, 0.2) is 17.4 Å². The second-order valence-corrected chi connectivity index (χ2v) is 5.57. The summed E-state index contributed by atoms with van der Waals surface area (Å²) in [5.74, 6) is -1.03. The van der Waals surface area contributed by atoms with E-state index in [9.17, 15) is 8.78 Å². The fourth-order valence-corrected chi connectivity index (χ4v) is 1.80. The van der Waals surface area contributed by atoms with Crippen LogP contribution in [0.1, 0.15) is 38.7 Å². The Balaban J connectivity index is 1.94. The van der Waals surface area contributed by atoms with Crippen LogP contribution in [0.2, 0.25) is 0 Å². The Bertz CT molecular complexity index is 407. The average molecular weight is 269 g/mol. The number of rotatable bonds is 7. The molecule has 1 aromatic carbocycles. The van der Waals surface area contributed by atoms with Crippen molar-refractivity contribution in [2.45, 2.75) is 45.7 Å². The van der Waals surface area contributed by atoms with Gasteiger partial charge in [-0.15, -0.1) is 0 Å². The van der Waals surface area contributed by atoms with E-state index in [1.54, 1.807) is 0 Å². The van der Waals surface area contributed by atoms with Crippen molar-refractivity contribution >= 4 is 0 Å². The Morgan fingerprint density at radius 1 is 1.26 bits per heavy atom. The molecule has 1 aromatic rings. The molecule has 1 aliphatic carbocycles. The van der Waals surface area contributed by atoms with Gasteiger partial charge in [0.25, 0.3) is 0 Å². The van der Waals surface area contributed by atoms with E-state index in [0.29, 0.717) is 30.7 Å². The van der Waals surface area contributed by atoms with Crippen molar-refractivity contribution in [3.63, 3.8) is 0 Å². The van der Waals surface area contributed by atoms with E-state index in [2.05, 4.69) is 5.32 Å². The van der Waals surface area contributed by atoms with Crippen LogP contribution in [-0.4, -0.2) is 12.6 Å². The van der Waals surface area contributed by atoms with Gasteiger partial charge in [-0.05, 0) is 42.9 Å². The minimum Gasteiger partial charge on any atom is -0.488 e. The highest BCUT2D eigenvalue weighted by Crippen LogP contribution is 2.25. The largest absolute Gasteiger partial charge is 0.488 e. The highest BCUT2D eigenvalue weighted by Gasteiger charge is 2.20. The van der Waals surface area contributed by atoms with Gasteiger partial charge >= 0.3 is 0 Å². The molecule has 0 unspecified atom stereocenters. The highest BCUT2D eigenvalue weighted by atomic mass is 19.1. The number of nitrogens with one attached hydrogen (secondary N) is 1. The quantitative estimate of drug-likeness (QED) is 0.816. The van der Waals surface area contributed by atoms with E-state index in [1.807, 2.05) is 13.8 Å². The zero-order valence-corrected chi connectivity index (χ0v) is 11.5. The van der Waals surface area contributed by atoms with Crippen molar-refractivity contribution in [1.29, 1.82) is 0 Å². The summed E-state index contributed by atoms with van der Waals surface area (Å²) >= 11 is 0. The van der Waals surface area contributed by atoms with Gasteiger partial charge < -0.3 is 10.1 Å². The van der Waals surface area contributed by atoms with Crippen molar-refractivity contribution in [1.82, 2.24) is 5.32 Å². The summed E-state index contributed by atoms with van der Waals surface area (Å²) in [5.41, 5.74) is 0.623. The fraction of sp³-hybridized carbons (Fsp3) is 0.600. The van der Waals surface area contributed by atoms with Crippen molar-refractivity contribution in [2.75, 3.05) is 6.61 Å². The molecular formula is C15H21F2NO. The van der Waals surface area contributed by atoms with Crippen LogP contribution in [-0.2, 0) is 6.54 Å². The number of ether oxygens (including phenoxy) is 1. The summed E-state index contributed by atoms with van der Waals surface area (Å²) in [5, 5.41) is 3.23. The number of halogens is 2.